The van der Waals surface area contributed by atoms with Gasteiger partial charge >= 0.3 is 0 Å². The van der Waals surface area contributed by atoms with E-state index >= 15 is 0 Å². The van der Waals surface area contributed by atoms with Gasteiger partial charge in [0.25, 0.3) is 5.91 Å². The van der Waals surface area contributed by atoms with E-state index in [0.29, 0.717) is 30.5 Å². The normalized spacial score (nSPS) is 10.1. The first-order chi connectivity index (χ1) is 12.2. The van der Waals surface area contributed by atoms with Crippen molar-refractivity contribution in [1.29, 1.82) is 0 Å². The van der Waals surface area contributed by atoms with Crippen molar-refractivity contribution in [2.75, 3.05) is 40.0 Å². The van der Waals surface area contributed by atoms with E-state index in [2.05, 4.69) is 10.6 Å². The fourth-order valence-corrected chi connectivity index (χ4v) is 2.45. The molecule has 26 heavy (non-hydrogen) atoms. The van der Waals surface area contributed by atoms with Crippen LogP contribution in [0.5, 0.6) is 5.75 Å². The molecule has 142 valence electrons. The van der Waals surface area contributed by atoms with Gasteiger partial charge in [-0.25, -0.2) is 0 Å². The summed E-state index contributed by atoms with van der Waals surface area (Å²) in [6.45, 7) is 2.55. The minimum atomic E-state index is -0.184. The third-order valence-corrected chi connectivity index (χ3v) is 3.80. The van der Waals surface area contributed by atoms with Gasteiger partial charge in [-0.2, -0.15) is 0 Å². The molecular weight excluding hydrogens is 375 g/mol. The summed E-state index contributed by atoms with van der Waals surface area (Å²) in [5.41, 5.74) is 2.08. The number of rotatable bonds is 10. The summed E-state index contributed by atoms with van der Waals surface area (Å²) in [6, 6.07) is 15.5. The number of hydrogen-bond donors (Lipinski definition) is 2. The van der Waals surface area contributed by atoms with E-state index in [4.69, 9.17) is 21.1 Å². The van der Waals surface area contributed by atoms with E-state index in [9.17, 15) is 4.79 Å². The summed E-state index contributed by atoms with van der Waals surface area (Å²) < 4.78 is 10.4. The van der Waals surface area contributed by atoms with Crippen LogP contribution in [0.1, 0.15) is 0 Å². The zero-order valence-corrected chi connectivity index (χ0v) is 16.2. The Morgan fingerprint density at radius 2 is 1.81 bits per heavy atom. The van der Waals surface area contributed by atoms with Crippen molar-refractivity contribution in [3.63, 3.8) is 0 Å². The predicted octanol–water partition coefficient (Wildman–Crippen LogP) is 3.16. The maximum Gasteiger partial charge on any atom is 0.257 e. The molecule has 5 nitrogen and oxygen atoms in total. The molecule has 0 atom stereocenters. The number of amides is 1. The third kappa shape index (κ3) is 7.62. The fourth-order valence-electron chi connectivity index (χ4n) is 2.21. The van der Waals surface area contributed by atoms with Gasteiger partial charge in [0.1, 0.15) is 5.75 Å². The molecule has 0 aliphatic rings. The van der Waals surface area contributed by atoms with E-state index in [-0.39, 0.29) is 24.9 Å². The second-order valence-electron chi connectivity index (χ2n) is 5.39. The topological polar surface area (TPSA) is 59.6 Å². The molecule has 2 rings (SSSR count). The molecule has 0 saturated heterocycles. The molecule has 0 aromatic heterocycles. The zero-order valence-electron chi connectivity index (χ0n) is 14.7. The molecular formula is C19H24Cl2N2O3. The summed E-state index contributed by atoms with van der Waals surface area (Å²) in [5.74, 6) is 0.312. The van der Waals surface area contributed by atoms with Crippen molar-refractivity contribution < 1.29 is 14.3 Å². The molecule has 0 fully saturated rings. The van der Waals surface area contributed by atoms with E-state index in [1.165, 1.54) is 0 Å². The highest BCUT2D eigenvalue weighted by Gasteiger charge is 2.07. The van der Waals surface area contributed by atoms with Crippen LogP contribution >= 0.6 is 24.0 Å². The van der Waals surface area contributed by atoms with Gasteiger partial charge in [-0.1, -0.05) is 48.0 Å². The molecule has 0 heterocycles. The van der Waals surface area contributed by atoms with Gasteiger partial charge in [-0.3, -0.25) is 4.79 Å². The Morgan fingerprint density at radius 1 is 1.04 bits per heavy atom. The van der Waals surface area contributed by atoms with E-state index < -0.39 is 0 Å². The number of nitrogens with one attached hydrogen (secondary N) is 2. The second kappa shape index (κ2) is 12.5. The average Bonchev–Trinajstić information content (AvgIpc) is 2.64. The lowest BCUT2D eigenvalue weighted by molar-refractivity contribution is -0.123. The highest BCUT2D eigenvalue weighted by molar-refractivity contribution is 6.32. The minimum absolute atomic E-state index is 0. The lowest BCUT2D eigenvalue weighted by Crippen LogP contribution is -2.35. The van der Waals surface area contributed by atoms with E-state index in [1.807, 2.05) is 42.5 Å². The Hall–Kier alpha value is -1.79. The van der Waals surface area contributed by atoms with Crippen molar-refractivity contribution in [2.24, 2.45) is 0 Å². The van der Waals surface area contributed by atoms with Crippen molar-refractivity contribution in [3.05, 3.63) is 53.6 Å². The monoisotopic (exact) mass is 398 g/mol. The maximum atomic E-state index is 11.8. The second-order valence-corrected chi connectivity index (χ2v) is 5.80. The Balaban J connectivity index is 0.00000338. The van der Waals surface area contributed by atoms with Crippen LogP contribution in [-0.4, -0.2) is 45.9 Å². The lowest BCUT2D eigenvalue weighted by atomic mass is 10.1. The van der Waals surface area contributed by atoms with Crippen LogP contribution in [0.15, 0.2) is 48.5 Å². The summed E-state index contributed by atoms with van der Waals surface area (Å²) in [7, 11) is 1.65. The molecule has 2 aromatic rings. The number of methoxy groups -OCH3 is 1. The standard InChI is InChI=1S/C19H23ClN2O3.ClH/c1-24-12-11-21-9-10-22-19(23)14-25-18-8-7-16(13-17(18)20)15-5-3-2-4-6-15;/h2-8,13,21H,9-12,14H2,1H3,(H,22,23);1H. The number of ether oxygens (including phenoxy) is 2. The largest absolute Gasteiger partial charge is 0.482 e. The molecule has 2 N–H and O–H groups in total. The third-order valence-electron chi connectivity index (χ3n) is 3.50. The SMILES string of the molecule is COCCNCCNC(=O)COc1ccc(-c2ccccc2)cc1Cl.Cl. The number of benzene rings is 2. The Bertz CT molecular complexity index is 669. The molecule has 0 aliphatic carbocycles. The van der Waals surface area contributed by atoms with Crippen LogP contribution in [0.3, 0.4) is 0 Å². The number of carbonyl (C=O) groups is 1. The van der Waals surface area contributed by atoms with Crippen molar-refractivity contribution in [3.8, 4) is 16.9 Å². The summed E-state index contributed by atoms with van der Waals surface area (Å²) in [4.78, 5) is 11.8. The summed E-state index contributed by atoms with van der Waals surface area (Å²) in [5, 5.41) is 6.40. The summed E-state index contributed by atoms with van der Waals surface area (Å²) in [6.07, 6.45) is 0. The molecule has 0 unspecified atom stereocenters. The summed E-state index contributed by atoms with van der Waals surface area (Å²) >= 11 is 6.26. The van der Waals surface area contributed by atoms with Gasteiger partial charge in [0, 0.05) is 26.7 Å². The van der Waals surface area contributed by atoms with Gasteiger partial charge in [-0.05, 0) is 23.3 Å². The van der Waals surface area contributed by atoms with Crippen molar-refractivity contribution in [1.82, 2.24) is 10.6 Å². The molecule has 0 saturated carbocycles. The molecule has 0 aliphatic heterocycles. The fraction of sp³-hybridized carbons (Fsp3) is 0.316. The Kier molecular flexibility index (Phi) is 10.7. The quantitative estimate of drug-likeness (QED) is 0.603. The van der Waals surface area contributed by atoms with Gasteiger partial charge in [-0.15, -0.1) is 12.4 Å². The van der Waals surface area contributed by atoms with Crippen LogP contribution in [0.2, 0.25) is 5.02 Å². The van der Waals surface area contributed by atoms with Crippen LogP contribution in [0.25, 0.3) is 11.1 Å². The van der Waals surface area contributed by atoms with E-state index in [1.54, 1.807) is 13.2 Å². The van der Waals surface area contributed by atoms with Crippen molar-refractivity contribution in [2.45, 2.75) is 0 Å². The van der Waals surface area contributed by atoms with Crippen LogP contribution in [0, 0.1) is 0 Å². The minimum Gasteiger partial charge on any atom is -0.482 e. The van der Waals surface area contributed by atoms with Crippen LogP contribution < -0.4 is 15.4 Å². The van der Waals surface area contributed by atoms with Gasteiger partial charge in [0.15, 0.2) is 6.61 Å². The van der Waals surface area contributed by atoms with Crippen molar-refractivity contribution >= 4 is 29.9 Å². The number of carbonyl (C=O) groups excluding carboxylic acids is 1. The first-order valence-electron chi connectivity index (χ1n) is 8.15. The number of halogens is 2. The van der Waals surface area contributed by atoms with Gasteiger partial charge in [0.05, 0.1) is 11.6 Å². The zero-order chi connectivity index (χ0) is 17.9. The smallest absolute Gasteiger partial charge is 0.257 e. The highest BCUT2D eigenvalue weighted by atomic mass is 35.5. The van der Waals surface area contributed by atoms with Gasteiger partial charge in [0.2, 0.25) is 0 Å². The maximum absolute atomic E-state index is 11.8. The molecule has 0 bridgehead atoms. The molecule has 0 radical (unpaired) electrons. The van der Waals surface area contributed by atoms with E-state index in [0.717, 1.165) is 17.7 Å². The number of hydrogen-bond acceptors (Lipinski definition) is 4. The molecule has 0 spiro atoms. The molecule has 2 aromatic carbocycles. The highest BCUT2D eigenvalue weighted by Crippen LogP contribution is 2.30. The first kappa shape index (κ1) is 22.3. The Morgan fingerprint density at radius 3 is 2.50 bits per heavy atom. The van der Waals surface area contributed by atoms with Gasteiger partial charge < -0.3 is 20.1 Å². The lowest BCUT2D eigenvalue weighted by Gasteiger charge is -2.10. The Labute approximate surface area is 165 Å². The molecule has 7 heteroatoms. The first-order valence-corrected chi connectivity index (χ1v) is 8.52. The van der Waals surface area contributed by atoms with Crippen LogP contribution in [-0.2, 0) is 9.53 Å². The predicted molar refractivity (Wildman–Crippen MR) is 107 cm³/mol. The molecule has 1 amide bonds. The average molecular weight is 399 g/mol. The van der Waals surface area contributed by atoms with Crippen LogP contribution in [0.4, 0.5) is 0 Å².